The van der Waals surface area contributed by atoms with Gasteiger partial charge in [0.2, 0.25) is 0 Å². The summed E-state index contributed by atoms with van der Waals surface area (Å²) in [5.74, 6) is 0.995. The first-order valence-corrected chi connectivity index (χ1v) is 13.5. The largest absolute Gasteiger partial charge is 0.486 e. The van der Waals surface area contributed by atoms with Crippen molar-refractivity contribution in [3.05, 3.63) is 83.4 Å². The summed E-state index contributed by atoms with van der Waals surface area (Å²) >= 11 is 0. The van der Waals surface area contributed by atoms with Gasteiger partial charge in [-0.15, -0.1) is 0 Å². The van der Waals surface area contributed by atoms with Crippen molar-refractivity contribution in [3.8, 4) is 11.5 Å². The maximum absolute atomic E-state index is 13.6. The maximum Gasteiger partial charge on any atom is 0.264 e. The van der Waals surface area contributed by atoms with E-state index in [1.165, 1.54) is 0 Å². The van der Waals surface area contributed by atoms with Crippen LogP contribution in [-0.2, 0) is 14.8 Å². The number of nitrogens with one attached hydrogen (secondary N) is 1. The fraction of sp³-hybridized carbons (Fsp3) is 0.286. The van der Waals surface area contributed by atoms with Crippen LogP contribution >= 0.6 is 0 Å². The van der Waals surface area contributed by atoms with E-state index in [1.54, 1.807) is 55.5 Å². The van der Waals surface area contributed by atoms with Gasteiger partial charge in [-0.2, -0.15) is 5.10 Å². The van der Waals surface area contributed by atoms with E-state index in [2.05, 4.69) is 24.4 Å². The SMILES string of the molecule is C/C(=N/NC(=O)CN(c1ccc(C(C)C)cc1)S(=O)(=O)c1ccc(C)cc1)c1ccc2c(c1)OCCO2. The lowest BCUT2D eigenvalue weighted by Gasteiger charge is -2.24. The van der Waals surface area contributed by atoms with Crippen LogP contribution in [0.15, 0.2) is 76.7 Å². The maximum atomic E-state index is 13.6. The molecule has 0 radical (unpaired) electrons. The zero-order valence-electron chi connectivity index (χ0n) is 21.4. The molecule has 0 unspecified atom stereocenters. The Morgan fingerprint density at radius 2 is 1.62 bits per heavy atom. The number of hydrogen-bond donors (Lipinski definition) is 1. The molecule has 37 heavy (non-hydrogen) atoms. The molecule has 1 N–H and O–H groups in total. The van der Waals surface area contributed by atoms with Crippen molar-refractivity contribution < 1.29 is 22.7 Å². The van der Waals surface area contributed by atoms with Gasteiger partial charge in [0, 0.05) is 5.56 Å². The van der Waals surface area contributed by atoms with Crippen LogP contribution in [0.5, 0.6) is 11.5 Å². The van der Waals surface area contributed by atoms with E-state index >= 15 is 0 Å². The molecule has 3 aromatic rings. The number of hydrogen-bond acceptors (Lipinski definition) is 6. The third-order valence-corrected chi connectivity index (χ3v) is 7.84. The third-order valence-electron chi connectivity index (χ3n) is 6.05. The first kappa shape index (κ1) is 26.2. The molecule has 0 aliphatic carbocycles. The highest BCUT2D eigenvalue weighted by molar-refractivity contribution is 7.92. The highest BCUT2D eigenvalue weighted by atomic mass is 32.2. The molecule has 0 bridgehead atoms. The zero-order valence-corrected chi connectivity index (χ0v) is 22.2. The Hall–Kier alpha value is -3.85. The molecule has 8 nitrogen and oxygen atoms in total. The van der Waals surface area contributed by atoms with Gasteiger partial charge in [-0.1, -0.05) is 43.7 Å². The lowest BCUT2D eigenvalue weighted by Crippen LogP contribution is -2.39. The van der Waals surface area contributed by atoms with E-state index in [-0.39, 0.29) is 10.8 Å². The second-order valence-electron chi connectivity index (χ2n) is 9.16. The van der Waals surface area contributed by atoms with E-state index in [0.29, 0.717) is 36.1 Å². The number of hydrazone groups is 1. The normalized spacial score (nSPS) is 13.4. The summed E-state index contributed by atoms with van der Waals surface area (Å²) in [7, 11) is -4.01. The Kier molecular flexibility index (Phi) is 7.83. The number of rotatable bonds is 8. The summed E-state index contributed by atoms with van der Waals surface area (Å²) in [6.45, 7) is 8.28. The second kappa shape index (κ2) is 11.0. The molecule has 3 aromatic carbocycles. The Morgan fingerprint density at radius 3 is 2.27 bits per heavy atom. The second-order valence-corrected chi connectivity index (χ2v) is 11.0. The first-order valence-electron chi connectivity index (χ1n) is 12.1. The van der Waals surface area contributed by atoms with Crippen molar-refractivity contribution in [2.75, 3.05) is 24.1 Å². The minimum atomic E-state index is -4.01. The molecule has 1 heterocycles. The van der Waals surface area contributed by atoms with Crippen LogP contribution in [-0.4, -0.2) is 39.8 Å². The number of sulfonamides is 1. The van der Waals surface area contributed by atoms with Gasteiger partial charge in [-0.05, 0) is 67.8 Å². The molecule has 0 spiro atoms. The molecule has 1 aliphatic heterocycles. The van der Waals surface area contributed by atoms with Gasteiger partial charge in [0.25, 0.3) is 15.9 Å². The summed E-state index contributed by atoms with van der Waals surface area (Å²) in [6.07, 6.45) is 0. The van der Waals surface area contributed by atoms with Gasteiger partial charge in [-0.25, -0.2) is 13.8 Å². The van der Waals surface area contributed by atoms with E-state index < -0.39 is 22.5 Å². The topological polar surface area (TPSA) is 97.3 Å². The van der Waals surface area contributed by atoms with Crippen molar-refractivity contribution in [1.82, 2.24) is 5.43 Å². The number of carbonyl (C=O) groups excluding carboxylic acids is 1. The summed E-state index contributed by atoms with van der Waals surface area (Å²) in [6, 6.07) is 19.1. The minimum Gasteiger partial charge on any atom is -0.486 e. The Bertz CT molecular complexity index is 1400. The monoisotopic (exact) mass is 521 g/mol. The van der Waals surface area contributed by atoms with Gasteiger partial charge < -0.3 is 9.47 Å². The molecule has 0 aromatic heterocycles. The molecule has 1 amide bonds. The number of benzene rings is 3. The third kappa shape index (κ3) is 6.11. The van der Waals surface area contributed by atoms with Crippen LogP contribution in [0, 0.1) is 6.92 Å². The summed E-state index contributed by atoms with van der Waals surface area (Å²) in [5, 5.41) is 4.19. The number of nitrogens with zero attached hydrogens (tertiary/aromatic N) is 2. The highest BCUT2D eigenvalue weighted by Crippen LogP contribution is 2.31. The van der Waals surface area contributed by atoms with Crippen LogP contribution in [0.1, 0.15) is 43.4 Å². The quantitative estimate of drug-likeness (QED) is 0.345. The van der Waals surface area contributed by atoms with E-state index in [4.69, 9.17) is 9.47 Å². The molecule has 1 aliphatic rings. The lowest BCUT2D eigenvalue weighted by atomic mass is 10.0. The summed E-state index contributed by atoms with van der Waals surface area (Å²) in [5.41, 5.74) is 6.19. The molecule has 0 saturated heterocycles. The number of amides is 1. The molecular formula is C28H31N3O5S. The van der Waals surface area contributed by atoms with Crippen molar-refractivity contribution >= 4 is 27.3 Å². The fourth-order valence-electron chi connectivity index (χ4n) is 3.82. The Balaban J connectivity index is 1.57. The van der Waals surface area contributed by atoms with Gasteiger partial charge in [0.15, 0.2) is 11.5 Å². The Morgan fingerprint density at radius 1 is 0.973 bits per heavy atom. The van der Waals surface area contributed by atoms with E-state index in [9.17, 15) is 13.2 Å². The van der Waals surface area contributed by atoms with Gasteiger partial charge in [0.05, 0.1) is 16.3 Å². The van der Waals surface area contributed by atoms with Crippen molar-refractivity contribution in [1.29, 1.82) is 0 Å². The molecule has 0 fully saturated rings. The first-order chi connectivity index (χ1) is 17.6. The van der Waals surface area contributed by atoms with Gasteiger partial charge >= 0.3 is 0 Å². The molecule has 0 atom stereocenters. The van der Waals surface area contributed by atoms with E-state index in [1.807, 2.05) is 25.1 Å². The standard InChI is InChI=1S/C28H31N3O5S/c1-19(2)22-7-10-24(11-8-22)31(37(33,34)25-12-5-20(3)6-13-25)18-28(32)30-29-21(4)23-9-14-26-27(17-23)36-16-15-35-26/h5-14,17,19H,15-16,18H2,1-4H3,(H,30,32)/b29-21-. The molecule has 9 heteroatoms. The van der Waals surface area contributed by atoms with Crippen LogP contribution in [0.2, 0.25) is 0 Å². The van der Waals surface area contributed by atoms with Crippen molar-refractivity contribution in [3.63, 3.8) is 0 Å². The molecule has 0 saturated carbocycles. The number of fused-ring (bicyclic) bond motifs is 1. The average Bonchev–Trinajstić information content (AvgIpc) is 2.90. The van der Waals surface area contributed by atoms with Crippen molar-refractivity contribution in [2.45, 2.75) is 38.5 Å². The fourth-order valence-corrected chi connectivity index (χ4v) is 5.24. The number of ether oxygens (including phenoxy) is 2. The highest BCUT2D eigenvalue weighted by Gasteiger charge is 2.27. The predicted molar refractivity (Wildman–Crippen MR) is 144 cm³/mol. The van der Waals surface area contributed by atoms with Crippen LogP contribution < -0.4 is 19.2 Å². The minimum absolute atomic E-state index is 0.106. The van der Waals surface area contributed by atoms with Gasteiger partial charge in [-0.3, -0.25) is 9.10 Å². The lowest BCUT2D eigenvalue weighted by molar-refractivity contribution is -0.119. The average molecular weight is 522 g/mol. The molecule has 194 valence electrons. The molecule has 4 rings (SSSR count). The van der Waals surface area contributed by atoms with Crippen molar-refractivity contribution in [2.24, 2.45) is 5.10 Å². The Labute approximate surface area is 218 Å². The van der Waals surface area contributed by atoms with Crippen LogP contribution in [0.4, 0.5) is 5.69 Å². The van der Waals surface area contributed by atoms with Gasteiger partial charge in [0.1, 0.15) is 19.8 Å². The smallest absolute Gasteiger partial charge is 0.264 e. The number of aryl methyl sites for hydroxylation is 1. The predicted octanol–water partition coefficient (Wildman–Crippen LogP) is 4.63. The molecular weight excluding hydrogens is 490 g/mol. The van der Waals surface area contributed by atoms with Crippen LogP contribution in [0.25, 0.3) is 0 Å². The summed E-state index contributed by atoms with van der Waals surface area (Å²) < 4.78 is 39.4. The van der Waals surface area contributed by atoms with Crippen LogP contribution in [0.3, 0.4) is 0 Å². The summed E-state index contributed by atoms with van der Waals surface area (Å²) in [4.78, 5) is 13.0. The number of carbonyl (C=O) groups is 1. The zero-order chi connectivity index (χ0) is 26.6. The van der Waals surface area contributed by atoms with E-state index in [0.717, 1.165) is 21.0 Å². The number of anilines is 1.